The second kappa shape index (κ2) is 6.62. The van der Waals surface area contributed by atoms with Crippen molar-refractivity contribution in [2.75, 3.05) is 7.11 Å². The minimum atomic E-state index is -0.900. The molecule has 1 atom stereocenters. The Hall–Kier alpha value is -3.02. The van der Waals surface area contributed by atoms with Crippen molar-refractivity contribution in [3.63, 3.8) is 0 Å². The van der Waals surface area contributed by atoms with Crippen LogP contribution in [0, 0.1) is 0 Å². The molecule has 0 fully saturated rings. The second-order valence-electron chi connectivity index (χ2n) is 5.46. The number of hydrogen-bond donors (Lipinski definition) is 2. The van der Waals surface area contributed by atoms with Gasteiger partial charge in [0, 0.05) is 12.6 Å². The SMILES string of the molecule is COc1cc2c(cc1O)C(=O)CC(C(=O)NCc1ccccc1)O2. The first-order valence-electron chi connectivity index (χ1n) is 7.51. The van der Waals surface area contributed by atoms with Crippen LogP contribution in [0.4, 0.5) is 0 Å². The van der Waals surface area contributed by atoms with Gasteiger partial charge in [0.1, 0.15) is 5.75 Å². The van der Waals surface area contributed by atoms with Crippen molar-refractivity contribution in [2.24, 2.45) is 0 Å². The number of Topliss-reactive ketones (excluding diaryl/α,β-unsaturated/α-hetero) is 1. The first-order valence-corrected chi connectivity index (χ1v) is 7.51. The lowest BCUT2D eigenvalue weighted by Crippen LogP contribution is -2.41. The Balaban J connectivity index is 1.72. The van der Waals surface area contributed by atoms with Crippen molar-refractivity contribution in [3.8, 4) is 17.2 Å². The van der Waals surface area contributed by atoms with Crippen LogP contribution in [0.15, 0.2) is 42.5 Å². The van der Waals surface area contributed by atoms with Gasteiger partial charge >= 0.3 is 0 Å². The molecule has 124 valence electrons. The van der Waals surface area contributed by atoms with Gasteiger partial charge in [-0.05, 0) is 11.6 Å². The van der Waals surface area contributed by atoms with Crippen molar-refractivity contribution in [2.45, 2.75) is 19.1 Å². The van der Waals surface area contributed by atoms with Gasteiger partial charge < -0.3 is 19.9 Å². The molecule has 0 saturated carbocycles. The van der Waals surface area contributed by atoms with Gasteiger partial charge in [-0.3, -0.25) is 9.59 Å². The van der Waals surface area contributed by atoms with E-state index in [0.717, 1.165) is 5.56 Å². The summed E-state index contributed by atoms with van der Waals surface area (Å²) in [5.41, 5.74) is 1.21. The maximum atomic E-state index is 12.3. The van der Waals surface area contributed by atoms with Crippen molar-refractivity contribution in [1.29, 1.82) is 0 Å². The molecule has 1 aliphatic rings. The van der Waals surface area contributed by atoms with Crippen molar-refractivity contribution in [3.05, 3.63) is 53.6 Å². The maximum Gasteiger partial charge on any atom is 0.261 e. The molecule has 0 aromatic heterocycles. The lowest BCUT2D eigenvalue weighted by molar-refractivity contribution is -0.128. The van der Waals surface area contributed by atoms with Crippen molar-refractivity contribution < 1.29 is 24.2 Å². The standard InChI is InChI=1S/C18H17NO5/c1-23-16-9-15-12(7-14(16)21)13(20)8-17(24-15)18(22)19-10-11-5-3-2-4-6-11/h2-7,9,17,21H,8,10H2,1H3,(H,19,22). The summed E-state index contributed by atoms with van der Waals surface area (Å²) in [5, 5.41) is 12.5. The molecule has 2 N–H and O–H groups in total. The van der Waals surface area contributed by atoms with Crippen LogP contribution in [0.3, 0.4) is 0 Å². The Labute approximate surface area is 139 Å². The van der Waals surface area contributed by atoms with Crippen LogP contribution < -0.4 is 14.8 Å². The lowest BCUT2D eigenvalue weighted by atomic mass is 9.99. The highest BCUT2D eigenvalue weighted by Crippen LogP contribution is 2.37. The number of carbonyl (C=O) groups excluding carboxylic acids is 2. The number of phenolic OH excluding ortho intramolecular Hbond substituents is 1. The van der Waals surface area contributed by atoms with E-state index < -0.39 is 6.10 Å². The minimum absolute atomic E-state index is 0.0700. The van der Waals surface area contributed by atoms with Gasteiger partial charge in [0.05, 0.1) is 19.1 Å². The van der Waals surface area contributed by atoms with E-state index in [1.165, 1.54) is 19.2 Å². The molecular weight excluding hydrogens is 310 g/mol. The highest BCUT2D eigenvalue weighted by Gasteiger charge is 2.32. The number of phenols is 1. The number of ketones is 1. The van der Waals surface area contributed by atoms with Gasteiger partial charge in [0.25, 0.3) is 5.91 Å². The first-order chi connectivity index (χ1) is 11.6. The number of fused-ring (bicyclic) bond motifs is 1. The lowest BCUT2D eigenvalue weighted by Gasteiger charge is -2.25. The molecule has 1 amide bonds. The van der Waals surface area contributed by atoms with E-state index in [1.807, 2.05) is 30.3 Å². The van der Waals surface area contributed by atoms with E-state index in [2.05, 4.69) is 5.32 Å². The average Bonchev–Trinajstić information content (AvgIpc) is 2.60. The molecule has 3 rings (SSSR count). The maximum absolute atomic E-state index is 12.3. The molecular formula is C18H17NO5. The van der Waals surface area contributed by atoms with Crippen LogP contribution in [0.5, 0.6) is 17.2 Å². The van der Waals surface area contributed by atoms with E-state index in [9.17, 15) is 14.7 Å². The monoisotopic (exact) mass is 327 g/mol. The van der Waals surface area contributed by atoms with Crippen LogP contribution in [0.25, 0.3) is 0 Å². The van der Waals surface area contributed by atoms with Gasteiger partial charge in [-0.25, -0.2) is 0 Å². The van der Waals surface area contributed by atoms with Gasteiger partial charge in [-0.15, -0.1) is 0 Å². The molecule has 0 spiro atoms. The Morgan fingerprint density at radius 2 is 2.08 bits per heavy atom. The largest absolute Gasteiger partial charge is 0.504 e. The van der Waals surface area contributed by atoms with Gasteiger partial charge in [0.2, 0.25) is 0 Å². The van der Waals surface area contributed by atoms with Crippen LogP contribution in [-0.2, 0) is 11.3 Å². The van der Waals surface area contributed by atoms with E-state index in [4.69, 9.17) is 9.47 Å². The van der Waals surface area contributed by atoms with Crippen LogP contribution >= 0.6 is 0 Å². The second-order valence-corrected chi connectivity index (χ2v) is 5.46. The fraction of sp³-hybridized carbons (Fsp3) is 0.222. The first kappa shape index (κ1) is 15.9. The zero-order valence-corrected chi connectivity index (χ0v) is 13.1. The average molecular weight is 327 g/mol. The molecule has 2 aromatic rings. The fourth-order valence-electron chi connectivity index (χ4n) is 2.55. The summed E-state index contributed by atoms with van der Waals surface area (Å²) in [6.45, 7) is 0.361. The summed E-state index contributed by atoms with van der Waals surface area (Å²) in [4.78, 5) is 24.5. The molecule has 0 radical (unpaired) electrons. The Morgan fingerprint density at radius 1 is 1.33 bits per heavy atom. The van der Waals surface area contributed by atoms with Crippen LogP contribution in [-0.4, -0.2) is 30.0 Å². The predicted octanol–water partition coefficient (Wildman–Crippen LogP) is 2.05. The number of methoxy groups -OCH3 is 1. The van der Waals surface area contributed by atoms with Crippen LogP contribution in [0.1, 0.15) is 22.3 Å². The third-order valence-electron chi connectivity index (χ3n) is 3.82. The summed E-state index contributed by atoms with van der Waals surface area (Å²) in [6.07, 6.45) is -0.970. The summed E-state index contributed by atoms with van der Waals surface area (Å²) < 4.78 is 10.6. The number of aromatic hydroxyl groups is 1. The Morgan fingerprint density at radius 3 is 2.79 bits per heavy atom. The number of ether oxygens (including phenoxy) is 2. The third-order valence-corrected chi connectivity index (χ3v) is 3.82. The van der Waals surface area contributed by atoms with E-state index in [0.29, 0.717) is 6.54 Å². The smallest absolute Gasteiger partial charge is 0.261 e. The normalized spacial score (nSPS) is 16.0. The number of nitrogens with one attached hydrogen (secondary N) is 1. The van der Waals surface area contributed by atoms with Crippen molar-refractivity contribution in [1.82, 2.24) is 5.32 Å². The van der Waals surface area contributed by atoms with E-state index in [1.54, 1.807) is 0 Å². The molecule has 1 aliphatic heterocycles. The predicted molar refractivity (Wildman–Crippen MR) is 86.3 cm³/mol. The molecule has 6 heteroatoms. The highest BCUT2D eigenvalue weighted by molar-refractivity contribution is 6.03. The third kappa shape index (κ3) is 3.17. The number of carbonyl (C=O) groups is 2. The number of rotatable bonds is 4. The van der Waals surface area contributed by atoms with Crippen LogP contribution in [0.2, 0.25) is 0 Å². The number of benzene rings is 2. The van der Waals surface area contributed by atoms with E-state index in [-0.39, 0.29) is 40.9 Å². The zero-order valence-electron chi connectivity index (χ0n) is 13.1. The fourth-order valence-corrected chi connectivity index (χ4v) is 2.55. The minimum Gasteiger partial charge on any atom is -0.504 e. The number of amides is 1. The van der Waals surface area contributed by atoms with Gasteiger partial charge in [-0.1, -0.05) is 30.3 Å². The van der Waals surface area contributed by atoms with E-state index >= 15 is 0 Å². The molecule has 0 bridgehead atoms. The molecule has 0 aliphatic carbocycles. The molecule has 0 saturated heterocycles. The topological polar surface area (TPSA) is 84.9 Å². The molecule has 24 heavy (non-hydrogen) atoms. The summed E-state index contributed by atoms with van der Waals surface area (Å²) >= 11 is 0. The molecule has 6 nitrogen and oxygen atoms in total. The van der Waals surface area contributed by atoms with Gasteiger partial charge in [0.15, 0.2) is 23.4 Å². The summed E-state index contributed by atoms with van der Waals surface area (Å²) in [5.74, 6) is -0.327. The van der Waals surface area contributed by atoms with Gasteiger partial charge in [-0.2, -0.15) is 0 Å². The molecule has 1 heterocycles. The Bertz CT molecular complexity index is 772. The highest BCUT2D eigenvalue weighted by atomic mass is 16.5. The Kier molecular flexibility index (Phi) is 4.37. The zero-order chi connectivity index (χ0) is 17.1. The summed E-state index contributed by atoms with van der Waals surface area (Å²) in [7, 11) is 1.40. The quantitative estimate of drug-likeness (QED) is 0.898. The molecule has 2 aromatic carbocycles. The summed E-state index contributed by atoms with van der Waals surface area (Å²) in [6, 6.07) is 12.2. The number of hydrogen-bond acceptors (Lipinski definition) is 5. The molecule has 1 unspecified atom stereocenters. The van der Waals surface area contributed by atoms with Crippen molar-refractivity contribution >= 4 is 11.7 Å².